The first-order chi connectivity index (χ1) is 9.78. The summed E-state index contributed by atoms with van der Waals surface area (Å²) in [7, 11) is 0. The molecule has 2 fully saturated rings. The molecular formula is C16H28N2O3. The van der Waals surface area contributed by atoms with E-state index in [1.165, 1.54) is 19.3 Å². The average Bonchev–Trinajstić information content (AvgIpc) is 2.35. The fraction of sp³-hybridized carbons (Fsp3) is 0.875. The molecule has 2 aliphatic rings. The third kappa shape index (κ3) is 4.19. The molecule has 2 atom stereocenters. The quantitative estimate of drug-likeness (QED) is 0.861. The van der Waals surface area contributed by atoms with Crippen LogP contribution in [-0.4, -0.2) is 58.5 Å². The Kier molecular flexibility index (Phi) is 4.91. The zero-order chi connectivity index (χ0) is 15.6. The summed E-state index contributed by atoms with van der Waals surface area (Å²) < 4.78 is 0. The van der Waals surface area contributed by atoms with Crippen LogP contribution in [0.25, 0.3) is 0 Å². The van der Waals surface area contributed by atoms with Crippen LogP contribution in [0.4, 0.5) is 0 Å². The third-order valence-electron chi connectivity index (χ3n) is 4.77. The molecular weight excluding hydrogens is 268 g/mol. The predicted molar refractivity (Wildman–Crippen MR) is 81.0 cm³/mol. The molecule has 1 amide bonds. The molecule has 120 valence electrons. The second-order valence-corrected chi connectivity index (χ2v) is 7.45. The second kappa shape index (κ2) is 6.34. The minimum atomic E-state index is -0.835. The summed E-state index contributed by atoms with van der Waals surface area (Å²) in [6.45, 7) is 8.74. The number of hydrogen-bond acceptors (Lipinski definition) is 3. The summed E-state index contributed by atoms with van der Waals surface area (Å²) in [5, 5.41) is 8.95. The van der Waals surface area contributed by atoms with Gasteiger partial charge in [0.25, 0.3) is 0 Å². The van der Waals surface area contributed by atoms with Crippen LogP contribution in [0.5, 0.6) is 0 Å². The van der Waals surface area contributed by atoms with Gasteiger partial charge in [-0.1, -0.05) is 20.3 Å². The predicted octanol–water partition coefficient (Wildman–Crippen LogP) is 1.96. The van der Waals surface area contributed by atoms with Crippen molar-refractivity contribution in [3.63, 3.8) is 0 Å². The average molecular weight is 296 g/mol. The number of carboxylic acids is 1. The molecule has 0 bridgehead atoms. The number of nitrogens with zero attached hydrogens (tertiary/aromatic N) is 2. The molecule has 0 saturated carbocycles. The Balaban J connectivity index is 1.96. The molecule has 0 aromatic rings. The van der Waals surface area contributed by atoms with Crippen LogP contribution >= 0.6 is 0 Å². The van der Waals surface area contributed by atoms with Gasteiger partial charge in [0.05, 0.1) is 6.42 Å². The zero-order valence-electron chi connectivity index (χ0n) is 13.5. The van der Waals surface area contributed by atoms with Gasteiger partial charge in [-0.05, 0) is 31.7 Å². The molecule has 2 saturated heterocycles. The van der Waals surface area contributed by atoms with Crippen molar-refractivity contribution in [1.82, 2.24) is 9.80 Å². The summed E-state index contributed by atoms with van der Waals surface area (Å²) in [5.74, 6) is -0.725. The van der Waals surface area contributed by atoms with Crippen LogP contribution in [0.15, 0.2) is 0 Å². The van der Waals surface area contributed by atoms with Crippen molar-refractivity contribution in [3.8, 4) is 0 Å². The fourth-order valence-electron chi connectivity index (χ4n) is 3.68. The van der Waals surface area contributed by atoms with Gasteiger partial charge < -0.3 is 10.0 Å². The highest BCUT2D eigenvalue weighted by Gasteiger charge is 2.37. The number of amides is 1. The van der Waals surface area contributed by atoms with E-state index in [1.807, 2.05) is 18.7 Å². The van der Waals surface area contributed by atoms with Gasteiger partial charge in [0.1, 0.15) is 0 Å². The molecule has 2 rings (SSSR count). The van der Waals surface area contributed by atoms with Gasteiger partial charge in [0.2, 0.25) is 5.91 Å². The fourth-order valence-corrected chi connectivity index (χ4v) is 3.68. The normalized spacial score (nSPS) is 27.3. The molecule has 5 heteroatoms. The number of hydrogen-bond donors (Lipinski definition) is 1. The first kappa shape index (κ1) is 16.3. The topological polar surface area (TPSA) is 60.9 Å². The molecule has 0 radical (unpaired) electrons. The SMILES string of the molecule is CC1CN2CCCCC2CN1C(=O)CC(C)(C)CC(=O)O. The van der Waals surface area contributed by atoms with Crippen molar-refractivity contribution in [1.29, 1.82) is 0 Å². The maximum atomic E-state index is 12.6. The smallest absolute Gasteiger partial charge is 0.303 e. The maximum absolute atomic E-state index is 12.6. The Morgan fingerprint density at radius 3 is 2.57 bits per heavy atom. The number of piperazine rings is 1. The summed E-state index contributed by atoms with van der Waals surface area (Å²) >= 11 is 0. The number of rotatable bonds is 4. The Morgan fingerprint density at radius 2 is 1.90 bits per heavy atom. The highest BCUT2D eigenvalue weighted by molar-refractivity contribution is 5.78. The van der Waals surface area contributed by atoms with E-state index >= 15 is 0 Å². The highest BCUT2D eigenvalue weighted by atomic mass is 16.4. The molecule has 2 aliphatic heterocycles. The van der Waals surface area contributed by atoms with Gasteiger partial charge in [0.15, 0.2) is 0 Å². The van der Waals surface area contributed by atoms with Crippen molar-refractivity contribution >= 4 is 11.9 Å². The van der Waals surface area contributed by atoms with Crippen molar-refractivity contribution < 1.29 is 14.7 Å². The number of carbonyl (C=O) groups is 2. The Morgan fingerprint density at radius 1 is 1.19 bits per heavy atom. The van der Waals surface area contributed by atoms with E-state index in [0.29, 0.717) is 12.5 Å². The molecule has 0 spiro atoms. The van der Waals surface area contributed by atoms with Crippen molar-refractivity contribution in [2.24, 2.45) is 5.41 Å². The lowest BCUT2D eigenvalue weighted by molar-refractivity contribution is -0.143. The van der Waals surface area contributed by atoms with Gasteiger partial charge in [-0.2, -0.15) is 0 Å². The van der Waals surface area contributed by atoms with Crippen LogP contribution in [0.1, 0.15) is 52.9 Å². The molecule has 0 aromatic carbocycles. The van der Waals surface area contributed by atoms with Gasteiger partial charge in [-0.25, -0.2) is 0 Å². The largest absolute Gasteiger partial charge is 0.481 e. The lowest BCUT2D eigenvalue weighted by Gasteiger charge is -2.48. The van der Waals surface area contributed by atoms with Crippen molar-refractivity contribution in [2.75, 3.05) is 19.6 Å². The maximum Gasteiger partial charge on any atom is 0.303 e. The van der Waals surface area contributed by atoms with Crippen LogP contribution in [0.3, 0.4) is 0 Å². The van der Waals surface area contributed by atoms with Crippen LogP contribution < -0.4 is 0 Å². The van der Waals surface area contributed by atoms with Crippen LogP contribution in [0.2, 0.25) is 0 Å². The van der Waals surface area contributed by atoms with Crippen LogP contribution in [-0.2, 0) is 9.59 Å². The van der Waals surface area contributed by atoms with Gasteiger partial charge >= 0.3 is 5.97 Å². The number of piperidine rings is 1. The van der Waals surface area contributed by atoms with E-state index in [4.69, 9.17) is 5.11 Å². The van der Waals surface area contributed by atoms with Crippen molar-refractivity contribution in [3.05, 3.63) is 0 Å². The van der Waals surface area contributed by atoms with Gasteiger partial charge in [-0.15, -0.1) is 0 Å². The van der Waals surface area contributed by atoms with Gasteiger partial charge in [-0.3, -0.25) is 14.5 Å². The van der Waals surface area contributed by atoms with E-state index < -0.39 is 11.4 Å². The van der Waals surface area contributed by atoms with E-state index in [9.17, 15) is 9.59 Å². The molecule has 2 heterocycles. The van der Waals surface area contributed by atoms with E-state index in [1.54, 1.807) is 0 Å². The molecule has 1 N–H and O–H groups in total. The lowest BCUT2D eigenvalue weighted by atomic mass is 9.84. The lowest BCUT2D eigenvalue weighted by Crippen LogP contribution is -2.60. The first-order valence-corrected chi connectivity index (χ1v) is 8.04. The molecule has 5 nitrogen and oxygen atoms in total. The summed E-state index contributed by atoms with van der Waals surface area (Å²) in [4.78, 5) is 28.0. The Labute approximate surface area is 127 Å². The summed E-state index contributed by atoms with van der Waals surface area (Å²) in [5.41, 5.74) is -0.480. The van der Waals surface area contributed by atoms with Crippen molar-refractivity contribution in [2.45, 2.75) is 65.0 Å². The number of carbonyl (C=O) groups excluding carboxylic acids is 1. The highest BCUT2D eigenvalue weighted by Crippen LogP contribution is 2.29. The first-order valence-electron chi connectivity index (χ1n) is 8.04. The molecule has 0 aromatic heterocycles. The number of fused-ring (bicyclic) bond motifs is 1. The number of carboxylic acid groups (broad SMARTS) is 1. The molecule has 21 heavy (non-hydrogen) atoms. The van der Waals surface area contributed by atoms with E-state index in [2.05, 4.69) is 11.8 Å². The van der Waals surface area contributed by atoms with E-state index in [-0.39, 0.29) is 18.4 Å². The number of aliphatic carboxylic acids is 1. The van der Waals surface area contributed by atoms with E-state index in [0.717, 1.165) is 19.6 Å². The minimum Gasteiger partial charge on any atom is -0.481 e. The minimum absolute atomic E-state index is 0.0382. The Bertz CT molecular complexity index is 408. The standard InChI is InChI=1S/C16H28N2O3/c1-12-10-17-7-5-4-6-13(17)11-18(12)14(19)8-16(2,3)9-15(20)21/h12-13H,4-11H2,1-3H3,(H,20,21). The third-order valence-corrected chi connectivity index (χ3v) is 4.77. The summed E-state index contributed by atoms with van der Waals surface area (Å²) in [6.07, 6.45) is 4.05. The van der Waals surface area contributed by atoms with Crippen LogP contribution in [0, 0.1) is 5.41 Å². The molecule has 0 aliphatic carbocycles. The molecule has 2 unspecified atom stereocenters. The monoisotopic (exact) mass is 296 g/mol. The second-order valence-electron chi connectivity index (χ2n) is 7.45. The van der Waals surface area contributed by atoms with Gasteiger partial charge in [0, 0.05) is 31.6 Å². The summed E-state index contributed by atoms with van der Waals surface area (Å²) in [6, 6.07) is 0.731. The Hall–Kier alpha value is -1.10. The zero-order valence-corrected chi connectivity index (χ0v) is 13.5.